The van der Waals surface area contributed by atoms with Crippen LogP contribution in [0.25, 0.3) is 0 Å². The van der Waals surface area contributed by atoms with Crippen molar-refractivity contribution < 1.29 is 45.6 Å². The van der Waals surface area contributed by atoms with Crippen molar-refractivity contribution in [2.45, 2.75) is 61.1 Å². The summed E-state index contributed by atoms with van der Waals surface area (Å²) in [7, 11) is -6.07. The summed E-state index contributed by atoms with van der Waals surface area (Å²) < 4.78 is 68.1. The first-order valence-corrected chi connectivity index (χ1v) is 11.2. The zero-order valence-corrected chi connectivity index (χ0v) is 24.4. The van der Waals surface area contributed by atoms with Gasteiger partial charge >= 0.3 is 5.97 Å². The smallest absolute Gasteiger partial charge is 0.305 e. The van der Waals surface area contributed by atoms with Crippen LogP contribution in [0.2, 0.25) is 0 Å². The third-order valence-corrected chi connectivity index (χ3v) is 7.82. The minimum Gasteiger partial charge on any atom is -0.746 e. The van der Waals surface area contributed by atoms with Gasteiger partial charge in [0.15, 0.2) is 0 Å². The molecule has 6 unspecified atom stereocenters. The van der Waals surface area contributed by atoms with Crippen LogP contribution in [0.15, 0.2) is 0 Å². The third-order valence-electron chi connectivity index (χ3n) is 5.30. The molecular formula is C16H19F2NO8RfS2-2. The molecule has 0 N–H and O–H groups in total. The zero-order chi connectivity index (χ0) is 21.9. The molecule has 2 bridgehead atoms. The summed E-state index contributed by atoms with van der Waals surface area (Å²) in [5.74, 6) is -4.27. The Morgan fingerprint density at radius 2 is 1.93 bits per heavy atom. The predicted octanol–water partition coefficient (Wildman–Crippen LogP) is 0.500. The molecule has 0 spiro atoms. The summed E-state index contributed by atoms with van der Waals surface area (Å²) in [5.41, 5.74) is 0. The Morgan fingerprint density at radius 3 is 2.43 bits per heavy atom. The molecule has 3 fully saturated rings. The molecule has 3 rings (SSSR count). The van der Waals surface area contributed by atoms with E-state index in [-0.39, 0.29) is 18.4 Å². The van der Waals surface area contributed by atoms with E-state index in [0.29, 0.717) is 0 Å². The minimum atomic E-state index is -6.07. The summed E-state index contributed by atoms with van der Waals surface area (Å²) >= 11 is 1.25. The first-order valence-electron chi connectivity index (χ1n) is 8.87. The summed E-state index contributed by atoms with van der Waals surface area (Å²) in [6.45, 7) is 4.48. The fourth-order valence-electron chi connectivity index (χ4n) is 4.16. The average molecular weight is 722 g/mol. The van der Waals surface area contributed by atoms with E-state index in [0.717, 1.165) is 0 Å². The van der Waals surface area contributed by atoms with Crippen LogP contribution >= 0.6 is 11.8 Å². The molecule has 3 heterocycles. The van der Waals surface area contributed by atoms with Crippen molar-refractivity contribution in [1.29, 1.82) is 0 Å². The van der Waals surface area contributed by atoms with Gasteiger partial charge in [-0.1, -0.05) is 13.5 Å². The molecular weight excluding hydrogens is 703 g/mol. The number of alkyl halides is 2. The van der Waals surface area contributed by atoms with Crippen LogP contribution in [0.1, 0.15) is 27.2 Å². The van der Waals surface area contributed by atoms with E-state index in [1.54, 1.807) is 20.8 Å². The molecule has 166 valence electrons. The van der Waals surface area contributed by atoms with Crippen LogP contribution in [-0.2, 0) is 34.0 Å². The number of ether oxygens (including phenoxy) is 2. The number of thioether (sulfide) groups is 1. The molecule has 30 heavy (non-hydrogen) atoms. The fourth-order valence-corrected chi connectivity index (χ4v) is 6.41. The third kappa shape index (κ3) is 3.47. The number of hydrogen-bond acceptors (Lipinski definition) is 9. The number of rotatable bonds is 7. The summed E-state index contributed by atoms with van der Waals surface area (Å²) in [6, 6.07) is -0.701. The van der Waals surface area contributed by atoms with Crippen molar-refractivity contribution in [1.82, 2.24) is 4.90 Å². The van der Waals surface area contributed by atoms with Crippen molar-refractivity contribution in [3.8, 4) is 0 Å². The number of esters is 2. The Bertz CT molecular complexity index is 839. The van der Waals surface area contributed by atoms with Gasteiger partial charge in [0, 0.05) is 17.7 Å². The van der Waals surface area contributed by atoms with Gasteiger partial charge in [0.2, 0.25) is 5.91 Å². The monoisotopic (exact) mass is 722 g/mol. The number of fused-ring (bicyclic) bond motifs is 1. The van der Waals surface area contributed by atoms with Crippen LogP contribution in [0.3, 0.4) is 0 Å². The molecule has 14 heteroatoms. The first-order chi connectivity index (χ1) is 13.3. The van der Waals surface area contributed by atoms with Crippen molar-refractivity contribution in [2.75, 3.05) is 0 Å². The molecule has 0 aromatic rings. The molecule has 0 radical (unpaired) electrons. The Kier molecular flexibility index (Phi) is 6.07. The maximum Gasteiger partial charge on any atom is 0.305 e. The largest absolute Gasteiger partial charge is 0.746 e. The molecule has 0 saturated carbocycles. The number of nitrogens with zero attached hydrogens (tertiary/aromatic N) is 1. The van der Waals surface area contributed by atoms with Crippen molar-refractivity contribution in [3.05, 3.63) is 6.61 Å². The van der Waals surface area contributed by atoms with E-state index >= 15 is 0 Å². The van der Waals surface area contributed by atoms with Gasteiger partial charge in [-0.2, -0.15) is 0 Å². The average Bonchev–Trinajstić information content (AvgIpc) is 3.21. The molecule has 1 amide bonds. The maximum atomic E-state index is 13.3. The SMILES string of the molecule is CCC(=O)OC1C2SC3C(C(=O)N(C(C)C)C13)C2C(=O)O[CH-]C(F)(F)S(=O)(=O)[O-].[Rf]. The van der Waals surface area contributed by atoms with Crippen LogP contribution in [-0.4, -0.2) is 69.7 Å². The second kappa shape index (κ2) is 7.65. The Morgan fingerprint density at radius 1 is 1.33 bits per heavy atom. The van der Waals surface area contributed by atoms with E-state index in [2.05, 4.69) is 4.74 Å². The van der Waals surface area contributed by atoms with Gasteiger partial charge in [-0.05, 0) is 13.8 Å². The van der Waals surface area contributed by atoms with Crippen LogP contribution in [0, 0.1) is 18.4 Å². The van der Waals surface area contributed by atoms with Crippen LogP contribution in [0.5, 0.6) is 0 Å². The number of hydrogen-bond donors (Lipinski definition) is 0. The van der Waals surface area contributed by atoms with Gasteiger partial charge in [0.1, 0.15) is 16.2 Å². The standard InChI is InChI=1S/C16H20F2NO8S2.Rf/c1-4-7(20)27-11-10-12-8(14(21)19(10)6(2)3)9(13(11)28-12)15(22)26-5-16(17,18)29(23,24)25;/h5-6,8-13H,4H2,1-3H3,(H,23,24,25);/q-1;/p-1. The van der Waals surface area contributed by atoms with Gasteiger partial charge in [0.05, 0.1) is 23.1 Å². The van der Waals surface area contributed by atoms with E-state index in [1.807, 2.05) is 0 Å². The molecule has 0 aromatic heterocycles. The predicted molar refractivity (Wildman–Crippen MR) is 93.1 cm³/mol. The Balaban J connectivity index is 0.00000320. The number of amides is 1. The van der Waals surface area contributed by atoms with Gasteiger partial charge in [-0.15, -0.1) is 11.8 Å². The second-order valence-corrected chi connectivity index (χ2v) is 10.1. The maximum absolute atomic E-state index is 13.3. The quantitative estimate of drug-likeness (QED) is 0.210. The Labute approximate surface area is 170 Å². The number of halogens is 2. The van der Waals surface area contributed by atoms with Crippen molar-refractivity contribution in [2.24, 2.45) is 11.8 Å². The molecule has 0 aliphatic carbocycles. The van der Waals surface area contributed by atoms with Crippen molar-refractivity contribution in [3.63, 3.8) is 0 Å². The van der Waals surface area contributed by atoms with Gasteiger partial charge in [0.25, 0.3) is 11.2 Å². The summed E-state index contributed by atoms with van der Waals surface area (Å²) in [5, 5.41) is -6.02. The van der Waals surface area contributed by atoms with Gasteiger partial charge in [-0.25, -0.2) is 17.2 Å². The molecule has 0 aromatic carbocycles. The topological polar surface area (TPSA) is 130 Å². The van der Waals surface area contributed by atoms with Gasteiger partial charge in [-0.3, -0.25) is 14.4 Å². The Hall–Kier alpha value is -2.47. The number of carbonyl (C=O) groups is 3. The zero-order valence-electron chi connectivity index (χ0n) is 16.3. The van der Waals surface area contributed by atoms with Gasteiger partial charge < -0.3 is 18.9 Å². The number of likely N-dealkylation sites (tertiary alicyclic amines) is 1. The molecule has 3 aliphatic heterocycles. The van der Waals surface area contributed by atoms with Crippen molar-refractivity contribution >= 4 is 39.7 Å². The van der Waals surface area contributed by atoms with Crippen LogP contribution in [0.4, 0.5) is 8.78 Å². The molecule has 6 atom stereocenters. The first kappa shape index (κ1) is 23.8. The molecule has 9 nitrogen and oxygen atoms in total. The second-order valence-electron chi connectivity index (χ2n) is 7.33. The van der Waals surface area contributed by atoms with E-state index < -0.39 is 68.4 Å². The van der Waals surface area contributed by atoms with Crippen LogP contribution < -0.4 is 0 Å². The fraction of sp³-hybridized carbons (Fsp3) is 0.750. The molecule has 3 saturated heterocycles. The summed E-state index contributed by atoms with van der Waals surface area (Å²) in [4.78, 5) is 38.8. The van der Waals surface area contributed by atoms with E-state index in [9.17, 15) is 36.1 Å². The van der Waals surface area contributed by atoms with E-state index in [4.69, 9.17) is 4.74 Å². The van der Waals surface area contributed by atoms with E-state index in [1.165, 1.54) is 16.7 Å². The minimum absolute atomic E-state index is 0. The normalized spacial score (nSPS) is 32.4. The number of carbonyl (C=O) groups excluding carboxylic acids is 3. The summed E-state index contributed by atoms with van der Waals surface area (Å²) in [6.07, 6.45) is -0.760. The molecule has 3 aliphatic rings.